The van der Waals surface area contributed by atoms with Gasteiger partial charge in [0.15, 0.2) is 0 Å². The molecule has 0 aliphatic carbocycles. The van der Waals surface area contributed by atoms with E-state index in [9.17, 15) is 9.59 Å². The third kappa shape index (κ3) is 3.24. The maximum absolute atomic E-state index is 12.1. The van der Waals surface area contributed by atoms with Gasteiger partial charge in [-0.2, -0.15) is 0 Å². The minimum atomic E-state index is -0.196. The van der Waals surface area contributed by atoms with Crippen LogP contribution in [-0.4, -0.2) is 26.9 Å². The number of carbonyl (C=O) groups excluding carboxylic acids is 1. The molecule has 5 nitrogen and oxygen atoms in total. The largest absolute Gasteiger partial charge is 0.330 e. The van der Waals surface area contributed by atoms with Crippen molar-refractivity contribution in [3.63, 3.8) is 0 Å². The molecule has 5 heteroatoms. The number of nitrogens with zero attached hydrogens (tertiary/aromatic N) is 2. The summed E-state index contributed by atoms with van der Waals surface area (Å²) in [5.41, 5.74) is 2.11. The number of hydrogen-bond acceptors (Lipinski definition) is 2. The zero-order valence-electron chi connectivity index (χ0n) is 12.9. The van der Waals surface area contributed by atoms with Crippen molar-refractivity contribution in [2.75, 3.05) is 6.54 Å². The van der Waals surface area contributed by atoms with Gasteiger partial charge in [-0.25, -0.2) is 4.79 Å². The molecule has 21 heavy (non-hydrogen) atoms. The molecule has 2 aromatic rings. The van der Waals surface area contributed by atoms with Gasteiger partial charge in [0.05, 0.1) is 11.0 Å². The summed E-state index contributed by atoms with van der Waals surface area (Å²) in [5, 5.41) is 0. The molecule has 0 spiro atoms. The van der Waals surface area contributed by atoms with Gasteiger partial charge in [-0.15, -0.1) is 0 Å². The zero-order valence-corrected chi connectivity index (χ0v) is 12.9. The first-order chi connectivity index (χ1) is 9.90. The number of hydrogen-bond donors (Lipinski definition) is 1. The molecule has 2 rings (SSSR count). The van der Waals surface area contributed by atoms with Crippen molar-refractivity contribution in [3.8, 4) is 0 Å². The van der Waals surface area contributed by atoms with Crippen LogP contribution in [0.5, 0.6) is 0 Å². The maximum atomic E-state index is 12.1. The number of benzene rings is 1. The number of imidazole rings is 1. The molecule has 0 unspecified atom stereocenters. The normalized spacial score (nSPS) is 12.1. The topological polar surface area (TPSA) is 58.1 Å². The minimum absolute atomic E-state index is 0.0315. The number of amides is 1. The van der Waals surface area contributed by atoms with E-state index in [4.69, 9.17) is 0 Å². The van der Waals surface area contributed by atoms with Gasteiger partial charge in [-0.05, 0) is 25.0 Å². The van der Waals surface area contributed by atoms with E-state index >= 15 is 0 Å². The summed E-state index contributed by atoms with van der Waals surface area (Å²) in [6, 6.07) is 7.50. The number of fused-ring (bicyclic) bond motifs is 1. The quantitative estimate of drug-likeness (QED) is 0.939. The second-order valence-electron chi connectivity index (χ2n) is 5.62. The SMILES string of the molecule is CC(=O)N(/C=C(\C)n1c(=O)[nH]c2ccccc21)CC(C)C. The summed E-state index contributed by atoms with van der Waals surface area (Å²) in [4.78, 5) is 28.3. The Labute approximate surface area is 123 Å². The van der Waals surface area contributed by atoms with E-state index < -0.39 is 0 Å². The smallest absolute Gasteiger partial charge is 0.317 e. The minimum Gasteiger partial charge on any atom is -0.317 e. The Bertz CT molecular complexity index is 737. The lowest BCUT2D eigenvalue weighted by Gasteiger charge is -2.20. The number of H-pyrrole nitrogens is 1. The van der Waals surface area contributed by atoms with Crippen molar-refractivity contribution < 1.29 is 4.79 Å². The summed E-state index contributed by atoms with van der Waals surface area (Å²) in [6.45, 7) is 8.10. The molecular weight excluding hydrogens is 266 g/mol. The van der Waals surface area contributed by atoms with E-state index in [1.807, 2.05) is 31.2 Å². The van der Waals surface area contributed by atoms with Gasteiger partial charge in [0.1, 0.15) is 0 Å². The Morgan fingerprint density at radius 1 is 1.33 bits per heavy atom. The first-order valence-electron chi connectivity index (χ1n) is 7.06. The highest BCUT2D eigenvalue weighted by Crippen LogP contribution is 2.14. The molecule has 0 radical (unpaired) electrons. The van der Waals surface area contributed by atoms with E-state index in [0.29, 0.717) is 18.2 Å². The van der Waals surface area contributed by atoms with Crippen molar-refractivity contribution >= 4 is 22.6 Å². The van der Waals surface area contributed by atoms with Crippen LogP contribution in [0.15, 0.2) is 35.3 Å². The second kappa shape index (κ2) is 5.99. The fourth-order valence-corrected chi connectivity index (χ4v) is 2.35. The number of nitrogens with one attached hydrogen (secondary N) is 1. The molecule has 0 saturated heterocycles. The Balaban J connectivity index is 2.47. The lowest BCUT2D eigenvalue weighted by atomic mass is 10.2. The van der Waals surface area contributed by atoms with Crippen molar-refractivity contribution in [3.05, 3.63) is 40.9 Å². The van der Waals surface area contributed by atoms with Crippen LogP contribution in [0.3, 0.4) is 0 Å². The zero-order chi connectivity index (χ0) is 15.6. The second-order valence-corrected chi connectivity index (χ2v) is 5.62. The van der Waals surface area contributed by atoms with E-state index in [1.165, 1.54) is 6.92 Å². The number of para-hydroxylation sites is 2. The molecular formula is C16H21N3O2. The van der Waals surface area contributed by atoms with Crippen LogP contribution in [0.2, 0.25) is 0 Å². The molecule has 1 heterocycles. The molecule has 0 aliphatic rings. The van der Waals surface area contributed by atoms with Gasteiger partial charge in [-0.1, -0.05) is 26.0 Å². The lowest BCUT2D eigenvalue weighted by molar-refractivity contribution is -0.126. The van der Waals surface area contributed by atoms with Crippen molar-refractivity contribution in [2.45, 2.75) is 27.7 Å². The number of carbonyl (C=O) groups is 1. The molecule has 0 bridgehead atoms. The summed E-state index contributed by atoms with van der Waals surface area (Å²) < 4.78 is 1.59. The highest BCUT2D eigenvalue weighted by Gasteiger charge is 2.12. The van der Waals surface area contributed by atoms with Gasteiger partial charge in [0.2, 0.25) is 5.91 Å². The van der Waals surface area contributed by atoms with Crippen LogP contribution in [0.25, 0.3) is 16.7 Å². The number of allylic oxidation sites excluding steroid dienone is 1. The van der Waals surface area contributed by atoms with Gasteiger partial charge in [0, 0.05) is 25.4 Å². The van der Waals surface area contributed by atoms with E-state index in [1.54, 1.807) is 15.7 Å². The first-order valence-corrected chi connectivity index (χ1v) is 7.06. The van der Waals surface area contributed by atoms with Crippen LogP contribution in [0.1, 0.15) is 27.7 Å². The molecule has 1 N–H and O–H groups in total. The number of aromatic nitrogens is 2. The molecule has 1 aromatic carbocycles. The summed E-state index contributed by atoms with van der Waals surface area (Å²) in [6.07, 6.45) is 1.74. The summed E-state index contributed by atoms with van der Waals surface area (Å²) in [7, 11) is 0. The van der Waals surface area contributed by atoms with Crippen LogP contribution >= 0.6 is 0 Å². The molecule has 1 aromatic heterocycles. The number of rotatable bonds is 4. The Morgan fingerprint density at radius 3 is 2.62 bits per heavy atom. The van der Waals surface area contributed by atoms with Crippen LogP contribution < -0.4 is 5.69 Å². The predicted molar refractivity (Wildman–Crippen MR) is 84.7 cm³/mol. The molecule has 0 aliphatic heterocycles. The Hall–Kier alpha value is -2.30. The van der Waals surface area contributed by atoms with Gasteiger partial charge < -0.3 is 9.88 Å². The van der Waals surface area contributed by atoms with Crippen LogP contribution in [-0.2, 0) is 4.79 Å². The molecule has 0 fully saturated rings. The standard InChI is InChI=1S/C16H21N3O2/c1-11(2)9-18(13(4)20)10-12(3)19-15-8-6-5-7-14(15)17-16(19)21/h5-8,10-11H,9H2,1-4H3,(H,17,21)/b12-10+. The lowest BCUT2D eigenvalue weighted by Crippen LogP contribution is -2.28. The fourth-order valence-electron chi connectivity index (χ4n) is 2.35. The van der Waals surface area contributed by atoms with E-state index in [2.05, 4.69) is 18.8 Å². The molecule has 112 valence electrons. The molecule has 0 saturated carbocycles. The summed E-state index contributed by atoms with van der Waals surface area (Å²) >= 11 is 0. The number of aromatic amines is 1. The highest BCUT2D eigenvalue weighted by molar-refractivity contribution is 5.80. The average Bonchev–Trinajstić information content (AvgIpc) is 2.73. The van der Waals surface area contributed by atoms with Crippen LogP contribution in [0, 0.1) is 5.92 Å². The predicted octanol–water partition coefficient (Wildman–Crippen LogP) is 2.65. The first kappa shape index (κ1) is 15.1. The third-order valence-corrected chi connectivity index (χ3v) is 3.25. The average molecular weight is 287 g/mol. The Morgan fingerprint density at radius 2 is 2.00 bits per heavy atom. The van der Waals surface area contributed by atoms with Crippen molar-refractivity contribution in [2.24, 2.45) is 5.92 Å². The maximum Gasteiger partial charge on any atom is 0.330 e. The molecule has 0 atom stereocenters. The monoisotopic (exact) mass is 287 g/mol. The van der Waals surface area contributed by atoms with E-state index in [0.717, 1.165) is 11.0 Å². The van der Waals surface area contributed by atoms with Gasteiger partial charge in [0.25, 0.3) is 0 Å². The third-order valence-electron chi connectivity index (χ3n) is 3.25. The van der Waals surface area contributed by atoms with Crippen LogP contribution in [0.4, 0.5) is 0 Å². The highest BCUT2D eigenvalue weighted by atomic mass is 16.2. The van der Waals surface area contributed by atoms with Crippen molar-refractivity contribution in [1.29, 1.82) is 0 Å². The summed E-state index contributed by atoms with van der Waals surface area (Å²) in [5.74, 6) is 0.327. The fraction of sp³-hybridized carbons (Fsp3) is 0.375. The van der Waals surface area contributed by atoms with E-state index in [-0.39, 0.29) is 11.6 Å². The van der Waals surface area contributed by atoms with Gasteiger partial charge >= 0.3 is 5.69 Å². The molecule has 1 amide bonds. The van der Waals surface area contributed by atoms with Gasteiger partial charge in [-0.3, -0.25) is 9.36 Å². The Kier molecular flexibility index (Phi) is 4.31. The van der Waals surface area contributed by atoms with Crippen molar-refractivity contribution in [1.82, 2.24) is 14.5 Å².